The number of likely N-dealkylation sites (tertiary alicyclic amines) is 1. The minimum absolute atomic E-state index is 0.0196. The Kier molecular flexibility index (Phi) is 5.72. The first kappa shape index (κ1) is 15.5. The summed E-state index contributed by atoms with van der Waals surface area (Å²) in [7, 11) is 0. The second-order valence-electron chi connectivity index (χ2n) is 5.35. The molecule has 1 aromatic carbocycles. The summed E-state index contributed by atoms with van der Waals surface area (Å²) in [5.74, 6) is -0.494. The highest BCUT2D eigenvalue weighted by Crippen LogP contribution is 2.08. The number of rotatable bonds is 5. The Hall–Kier alpha value is -1.91. The van der Waals surface area contributed by atoms with Gasteiger partial charge in [-0.3, -0.25) is 9.59 Å². The van der Waals surface area contributed by atoms with Crippen LogP contribution in [0.5, 0.6) is 0 Å². The lowest BCUT2D eigenvalue weighted by Gasteiger charge is -2.26. The molecule has 4 nitrogen and oxygen atoms in total. The number of halogens is 1. The molecular weight excluding hydrogens is 271 g/mol. The zero-order valence-electron chi connectivity index (χ0n) is 12.1. The smallest absolute Gasteiger partial charge is 0.241 e. The van der Waals surface area contributed by atoms with E-state index in [1.165, 1.54) is 18.6 Å². The van der Waals surface area contributed by atoms with E-state index in [-0.39, 0.29) is 30.6 Å². The van der Waals surface area contributed by atoms with Gasteiger partial charge in [0.25, 0.3) is 0 Å². The average Bonchev–Trinajstić information content (AvgIpc) is 2.51. The van der Waals surface area contributed by atoms with Crippen LogP contribution in [0.15, 0.2) is 24.3 Å². The lowest BCUT2D eigenvalue weighted by atomic mass is 10.1. The first-order valence-electron chi connectivity index (χ1n) is 7.44. The number of hydrogen-bond donors (Lipinski definition) is 1. The molecule has 5 heteroatoms. The van der Waals surface area contributed by atoms with Gasteiger partial charge in [0.15, 0.2) is 0 Å². The van der Waals surface area contributed by atoms with Gasteiger partial charge in [-0.05, 0) is 43.4 Å². The zero-order valence-corrected chi connectivity index (χ0v) is 12.1. The Morgan fingerprint density at radius 1 is 1.19 bits per heavy atom. The van der Waals surface area contributed by atoms with Gasteiger partial charge in [0.1, 0.15) is 5.82 Å². The molecule has 0 aliphatic carbocycles. The second kappa shape index (κ2) is 7.76. The van der Waals surface area contributed by atoms with E-state index in [4.69, 9.17) is 0 Å². The van der Waals surface area contributed by atoms with Crippen molar-refractivity contribution in [1.82, 2.24) is 10.2 Å². The lowest BCUT2D eigenvalue weighted by Crippen LogP contribution is -2.42. The molecule has 0 aromatic heterocycles. The van der Waals surface area contributed by atoms with Crippen LogP contribution < -0.4 is 5.32 Å². The Labute approximate surface area is 124 Å². The summed E-state index contributed by atoms with van der Waals surface area (Å²) in [6, 6.07) is 6.21. The van der Waals surface area contributed by atoms with E-state index in [9.17, 15) is 14.0 Å². The zero-order chi connectivity index (χ0) is 15.1. The highest BCUT2D eigenvalue weighted by Gasteiger charge is 2.16. The second-order valence-corrected chi connectivity index (χ2v) is 5.35. The first-order chi connectivity index (χ1) is 10.1. The third-order valence-corrected chi connectivity index (χ3v) is 3.68. The van der Waals surface area contributed by atoms with E-state index in [0.29, 0.717) is 6.42 Å². The number of piperidine rings is 1. The van der Waals surface area contributed by atoms with E-state index >= 15 is 0 Å². The monoisotopic (exact) mass is 292 g/mol. The van der Waals surface area contributed by atoms with Crippen molar-refractivity contribution in [3.63, 3.8) is 0 Å². The molecule has 1 N–H and O–H groups in total. The van der Waals surface area contributed by atoms with Crippen molar-refractivity contribution >= 4 is 11.8 Å². The largest absolute Gasteiger partial charge is 0.347 e. The Bertz CT molecular complexity index is 499. The predicted molar refractivity (Wildman–Crippen MR) is 78.2 cm³/mol. The van der Waals surface area contributed by atoms with Crippen LogP contribution in [-0.4, -0.2) is 36.3 Å². The number of carbonyl (C=O) groups excluding carboxylic acids is 2. The molecule has 2 amide bonds. The minimum atomic E-state index is -0.298. The molecule has 1 fully saturated rings. The molecule has 1 aliphatic rings. The highest BCUT2D eigenvalue weighted by atomic mass is 19.1. The maximum Gasteiger partial charge on any atom is 0.241 e. The van der Waals surface area contributed by atoms with Crippen LogP contribution in [-0.2, 0) is 16.0 Å². The molecule has 0 spiro atoms. The molecular formula is C16H21FN2O2. The lowest BCUT2D eigenvalue weighted by molar-refractivity contribution is -0.133. The summed E-state index contributed by atoms with van der Waals surface area (Å²) in [6.07, 6.45) is 3.99. The summed E-state index contributed by atoms with van der Waals surface area (Å²) in [5.41, 5.74) is 0.785. The topological polar surface area (TPSA) is 49.4 Å². The fraction of sp³-hybridized carbons (Fsp3) is 0.500. The molecule has 0 radical (unpaired) electrons. The van der Waals surface area contributed by atoms with Crippen molar-refractivity contribution in [1.29, 1.82) is 0 Å². The van der Waals surface area contributed by atoms with Crippen LogP contribution in [0.1, 0.15) is 31.2 Å². The first-order valence-corrected chi connectivity index (χ1v) is 7.44. The van der Waals surface area contributed by atoms with Gasteiger partial charge in [-0.2, -0.15) is 0 Å². The normalized spacial score (nSPS) is 14.8. The maximum atomic E-state index is 13.0. The minimum Gasteiger partial charge on any atom is -0.347 e. The van der Waals surface area contributed by atoms with Crippen LogP contribution in [0.3, 0.4) is 0 Å². The van der Waals surface area contributed by atoms with Crippen LogP contribution in [0.25, 0.3) is 0 Å². The van der Waals surface area contributed by atoms with Gasteiger partial charge < -0.3 is 10.2 Å². The third-order valence-electron chi connectivity index (χ3n) is 3.68. The van der Waals surface area contributed by atoms with Crippen LogP contribution in [0.2, 0.25) is 0 Å². The van der Waals surface area contributed by atoms with E-state index < -0.39 is 0 Å². The fourth-order valence-electron chi connectivity index (χ4n) is 2.47. The molecule has 0 saturated carbocycles. The molecule has 0 unspecified atom stereocenters. The molecule has 2 rings (SSSR count). The molecule has 1 aromatic rings. The van der Waals surface area contributed by atoms with Crippen molar-refractivity contribution < 1.29 is 14.0 Å². The number of nitrogens with one attached hydrogen (secondary N) is 1. The summed E-state index contributed by atoms with van der Waals surface area (Å²) in [6.45, 7) is 1.64. The Morgan fingerprint density at radius 3 is 2.67 bits per heavy atom. The SMILES string of the molecule is O=C(CCc1cccc(F)c1)NCC(=O)N1CCCCC1. The van der Waals surface area contributed by atoms with Gasteiger partial charge >= 0.3 is 0 Å². The number of benzene rings is 1. The van der Waals surface area contributed by atoms with Crippen molar-refractivity contribution in [2.75, 3.05) is 19.6 Å². The van der Waals surface area contributed by atoms with Gasteiger partial charge in [0.05, 0.1) is 6.54 Å². The molecule has 114 valence electrons. The molecule has 1 saturated heterocycles. The van der Waals surface area contributed by atoms with Crippen molar-refractivity contribution in [2.24, 2.45) is 0 Å². The molecule has 0 atom stereocenters. The summed E-state index contributed by atoms with van der Waals surface area (Å²) >= 11 is 0. The van der Waals surface area contributed by atoms with E-state index in [2.05, 4.69) is 5.32 Å². The standard InChI is InChI=1S/C16H21FN2O2/c17-14-6-4-5-13(11-14)7-8-15(20)18-12-16(21)19-9-2-1-3-10-19/h4-6,11H,1-3,7-10,12H2,(H,18,20). The van der Waals surface area contributed by atoms with Gasteiger partial charge in [0, 0.05) is 19.5 Å². The Morgan fingerprint density at radius 2 is 1.95 bits per heavy atom. The fourth-order valence-corrected chi connectivity index (χ4v) is 2.47. The van der Waals surface area contributed by atoms with Gasteiger partial charge in [-0.25, -0.2) is 4.39 Å². The maximum absolute atomic E-state index is 13.0. The Balaban J connectivity index is 1.68. The number of nitrogens with zero attached hydrogens (tertiary/aromatic N) is 1. The number of amides is 2. The summed E-state index contributed by atoms with van der Waals surface area (Å²) < 4.78 is 13.0. The number of hydrogen-bond acceptors (Lipinski definition) is 2. The van der Waals surface area contributed by atoms with E-state index in [1.54, 1.807) is 17.0 Å². The number of carbonyl (C=O) groups is 2. The van der Waals surface area contributed by atoms with E-state index in [1.807, 2.05) is 0 Å². The van der Waals surface area contributed by atoms with Gasteiger partial charge in [-0.1, -0.05) is 12.1 Å². The van der Waals surface area contributed by atoms with Crippen LogP contribution >= 0.6 is 0 Å². The summed E-state index contributed by atoms with van der Waals surface area (Å²) in [5, 5.41) is 2.64. The highest BCUT2D eigenvalue weighted by molar-refractivity contribution is 5.84. The van der Waals surface area contributed by atoms with Crippen LogP contribution in [0, 0.1) is 5.82 Å². The molecule has 1 heterocycles. The molecule has 21 heavy (non-hydrogen) atoms. The van der Waals surface area contributed by atoms with E-state index in [0.717, 1.165) is 31.5 Å². The van der Waals surface area contributed by atoms with Crippen molar-refractivity contribution in [3.8, 4) is 0 Å². The van der Waals surface area contributed by atoms with Gasteiger partial charge in [-0.15, -0.1) is 0 Å². The molecule has 1 aliphatic heterocycles. The third kappa shape index (κ3) is 5.17. The van der Waals surface area contributed by atoms with Gasteiger partial charge in [0.2, 0.25) is 11.8 Å². The predicted octanol–water partition coefficient (Wildman–Crippen LogP) is 1.89. The van der Waals surface area contributed by atoms with Crippen molar-refractivity contribution in [3.05, 3.63) is 35.6 Å². The number of aryl methyl sites for hydroxylation is 1. The average molecular weight is 292 g/mol. The quantitative estimate of drug-likeness (QED) is 0.901. The van der Waals surface area contributed by atoms with Crippen LogP contribution in [0.4, 0.5) is 4.39 Å². The van der Waals surface area contributed by atoms with Crippen molar-refractivity contribution in [2.45, 2.75) is 32.1 Å². The molecule has 0 bridgehead atoms. The summed E-state index contributed by atoms with van der Waals surface area (Å²) in [4.78, 5) is 25.4.